The Bertz CT molecular complexity index is 1020. The predicted octanol–water partition coefficient (Wildman–Crippen LogP) is 5.09. The third-order valence-electron chi connectivity index (χ3n) is 3.88. The average Bonchev–Trinajstić information content (AvgIpc) is 2.70. The second-order valence-corrected chi connectivity index (χ2v) is 5.66. The van der Waals surface area contributed by atoms with Crippen LogP contribution in [0.1, 0.15) is 0 Å². The van der Waals surface area contributed by atoms with E-state index in [2.05, 4.69) is 20.3 Å². The van der Waals surface area contributed by atoms with Gasteiger partial charge in [0.15, 0.2) is 0 Å². The summed E-state index contributed by atoms with van der Waals surface area (Å²) in [7, 11) is 0. The summed E-state index contributed by atoms with van der Waals surface area (Å²) in [5.74, 6) is 1.04. The fourth-order valence-electron chi connectivity index (χ4n) is 2.61. The van der Waals surface area contributed by atoms with Crippen molar-refractivity contribution in [3.05, 3.63) is 91.0 Å². The van der Waals surface area contributed by atoms with Gasteiger partial charge >= 0.3 is 0 Å². The van der Waals surface area contributed by atoms with Crippen molar-refractivity contribution in [1.29, 1.82) is 0 Å². The molecule has 5 heteroatoms. The van der Waals surface area contributed by atoms with Gasteiger partial charge in [0.2, 0.25) is 0 Å². The lowest BCUT2D eigenvalue weighted by molar-refractivity contribution is 0.631. The quantitative estimate of drug-likeness (QED) is 0.561. The van der Waals surface area contributed by atoms with Crippen molar-refractivity contribution >= 4 is 11.6 Å². The van der Waals surface area contributed by atoms with Crippen molar-refractivity contribution in [2.45, 2.75) is 0 Å². The van der Waals surface area contributed by atoms with Crippen LogP contribution in [0, 0.1) is 5.82 Å². The standard InChI is InChI=1S/C21H15FN4/c22-17-7-2-1-6-16(17)15-11-12-20(24-14-15)26-21-10-5-9-19(25-21)18-8-3-4-13-23-18/h1-14H,(H,24,25,26). The number of anilines is 2. The highest BCUT2D eigenvalue weighted by Crippen LogP contribution is 2.24. The highest BCUT2D eigenvalue weighted by Gasteiger charge is 2.06. The van der Waals surface area contributed by atoms with Crippen LogP contribution in [0.2, 0.25) is 0 Å². The minimum Gasteiger partial charge on any atom is -0.325 e. The summed E-state index contributed by atoms with van der Waals surface area (Å²) in [5, 5.41) is 3.16. The topological polar surface area (TPSA) is 50.7 Å². The van der Waals surface area contributed by atoms with Gasteiger partial charge in [-0.1, -0.05) is 30.3 Å². The summed E-state index contributed by atoms with van der Waals surface area (Å²) >= 11 is 0. The number of rotatable bonds is 4. The molecule has 0 aliphatic heterocycles. The third kappa shape index (κ3) is 3.42. The van der Waals surface area contributed by atoms with Gasteiger partial charge < -0.3 is 5.32 Å². The average molecular weight is 342 g/mol. The number of nitrogens with zero attached hydrogens (tertiary/aromatic N) is 3. The molecule has 0 saturated carbocycles. The van der Waals surface area contributed by atoms with Crippen LogP contribution in [0.3, 0.4) is 0 Å². The molecular formula is C21H15FN4. The molecule has 1 aromatic carbocycles. The molecule has 4 nitrogen and oxygen atoms in total. The molecule has 0 aliphatic rings. The zero-order valence-corrected chi connectivity index (χ0v) is 13.8. The molecule has 4 rings (SSSR count). The normalized spacial score (nSPS) is 10.5. The number of pyridine rings is 3. The van der Waals surface area contributed by atoms with Gasteiger partial charge in [-0.25, -0.2) is 14.4 Å². The van der Waals surface area contributed by atoms with E-state index in [9.17, 15) is 4.39 Å². The van der Waals surface area contributed by atoms with Gasteiger partial charge in [0.25, 0.3) is 0 Å². The molecule has 4 aromatic rings. The van der Waals surface area contributed by atoms with Gasteiger partial charge in [0.05, 0.1) is 11.4 Å². The van der Waals surface area contributed by atoms with Crippen LogP contribution in [0.15, 0.2) is 85.2 Å². The van der Waals surface area contributed by atoms with Gasteiger partial charge in [-0.15, -0.1) is 0 Å². The Morgan fingerprint density at radius 3 is 2.31 bits per heavy atom. The van der Waals surface area contributed by atoms with Gasteiger partial charge in [-0.3, -0.25) is 4.98 Å². The first-order valence-electron chi connectivity index (χ1n) is 8.16. The Labute approximate surface area is 150 Å². The molecule has 0 amide bonds. The van der Waals surface area contributed by atoms with E-state index in [4.69, 9.17) is 0 Å². The molecule has 3 heterocycles. The minimum atomic E-state index is -0.264. The van der Waals surface area contributed by atoms with E-state index in [0.29, 0.717) is 17.2 Å². The number of hydrogen-bond donors (Lipinski definition) is 1. The molecule has 0 aliphatic carbocycles. The van der Waals surface area contributed by atoms with Crippen LogP contribution < -0.4 is 5.32 Å². The van der Waals surface area contributed by atoms with E-state index in [0.717, 1.165) is 17.0 Å². The lowest BCUT2D eigenvalue weighted by atomic mass is 10.1. The van der Waals surface area contributed by atoms with Crippen molar-refractivity contribution < 1.29 is 4.39 Å². The minimum absolute atomic E-state index is 0.264. The van der Waals surface area contributed by atoms with Crippen LogP contribution >= 0.6 is 0 Å². The zero-order valence-electron chi connectivity index (χ0n) is 13.8. The second-order valence-electron chi connectivity index (χ2n) is 5.66. The first-order valence-corrected chi connectivity index (χ1v) is 8.16. The molecule has 0 radical (unpaired) electrons. The number of hydrogen-bond acceptors (Lipinski definition) is 4. The zero-order chi connectivity index (χ0) is 17.8. The monoisotopic (exact) mass is 342 g/mol. The molecular weight excluding hydrogens is 327 g/mol. The lowest BCUT2D eigenvalue weighted by Crippen LogP contribution is -1.97. The summed E-state index contributed by atoms with van der Waals surface area (Å²) in [6, 6.07) is 21.7. The van der Waals surface area contributed by atoms with Gasteiger partial charge in [0, 0.05) is 23.5 Å². The van der Waals surface area contributed by atoms with E-state index in [1.54, 1.807) is 36.7 Å². The molecule has 3 aromatic heterocycles. The fraction of sp³-hybridized carbons (Fsp3) is 0. The fourth-order valence-corrected chi connectivity index (χ4v) is 2.61. The Morgan fingerprint density at radius 2 is 1.54 bits per heavy atom. The molecule has 0 fully saturated rings. The number of halogens is 1. The van der Waals surface area contributed by atoms with Crippen molar-refractivity contribution in [2.24, 2.45) is 0 Å². The highest BCUT2D eigenvalue weighted by molar-refractivity contribution is 5.66. The van der Waals surface area contributed by atoms with E-state index in [1.165, 1.54) is 6.07 Å². The molecule has 0 unspecified atom stereocenters. The van der Waals surface area contributed by atoms with Crippen LogP contribution in [0.4, 0.5) is 16.0 Å². The first-order chi connectivity index (χ1) is 12.8. The Balaban J connectivity index is 1.56. The number of aromatic nitrogens is 3. The van der Waals surface area contributed by atoms with E-state index in [1.807, 2.05) is 42.5 Å². The van der Waals surface area contributed by atoms with Crippen molar-refractivity contribution in [3.63, 3.8) is 0 Å². The van der Waals surface area contributed by atoms with Crippen LogP contribution in [-0.4, -0.2) is 15.0 Å². The highest BCUT2D eigenvalue weighted by atomic mass is 19.1. The van der Waals surface area contributed by atoms with Crippen molar-refractivity contribution in [1.82, 2.24) is 15.0 Å². The molecule has 126 valence electrons. The Kier molecular flexibility index (Phi) is 4.35. The van der Waals surface area contributed by atoms with Gasteiger partial charge in [-0.05, 0) is 42.5 Å². The molecule has 1 N–H and O–H groups in total. The maximum atomic E-state index is 13.9. The maximum Gasteiger partial charge on any atom is 0.132 e. The molecule has 0 saturated heterocycles. The third-order valence-corrected chi connectivity index (χ3v) is 3.88. The van der Waals surface area contributed by atoms with Crippen LogP contribution in [0.5, 0.6) is 0 Å². The van der Waals surface area contributed by atoms with E-state index in [-0.39, 0.29) is 5.82 Å². The first kappa shape index (κ1) is 15.9. The van der Waals surface area contributed by atoms with Crippen molar-refractivity contribution in [3.8, 4) is 22.5 Å². The summed E-state index contributed by atoms with van der Waals surface area (Å²) in [4.78, 5) is 13.2. The smallest absolute Gasteiger partial charge is 0.132 e. The summed E-state index contributed by atoms with van der Waals surface area (Å²) < 4.78 is 13.9. The Hall–Kier alpha value is -3.60. The van der Waals surface area contributed by atoms with Crippen LogP contribution in [0.25, 0.3) is 22.5 Å². The largest absolute Gasteiger partial charge is 0.325 e. The summed E-state index contributed by atoms with van der Waals surface area (Å²) in [6.07, 6.45) is 3.38. The van der Waals surface area contributed by atoms with Gasteiger partial charge in [0.1, 0.15) is 17.5 Å². The lowest BCUT2D eigenvalue weighted by Gasteiger charge is -2.08. The predicted molar refractivity (Wildman–Crippen MR) is 100 cm³/mol. The molecule has 0 bridgehead atoms. The molecule has 0 spiro atoms. The van der Waals surface area contributed by atoms with Crippen molar-refractivity contribution in [2.75, 3.05) is 5.32 Å². The van der Waals surface area contributed by atoms with Gasteiger partial charge in [-0.2, -0.15) is 0 Å². The summed E-state index contributed by atoms with van der Waals surface area (Å²) in [5.41, 5.74) is 2.84. The Morgan fingerprint density at radius 1 is 0.692 bits per heavy atom. The van der Waals surface area contributed by atoms with Crippen LogP contribution in [-0.2, 0) is 0 Å². The maximum absolute atomic E-state index is 13.9. The molecule has 0 atom stereocenters. The number of nitrogens with one attached hydrogen (secondary N) is 1. The summed E-state index contributed by atoms with van der Waals surface area (Å²) in [6.45, 7) is 0. The van der Waals surface area contributed by atoms with E-state index >= 15 is 0 Å². The molecule has 26 heavy (non-hydrogen) atoms. The SMILES string of the molecule is Fc1ccccc1-c1ccc(Nc2cccc(-c3ccccn3)n2)nc1. The van der Waals surface area contributed by atoms with E-state index < -0.39 is 0 Å². The number of benzene rings is 1. The second kappa shape index (κ2) is 7.11.